The first-order chi connectivity index (χ1) is 11.9. The molecule has 0 saturated heterocycles. The van der Waals surface area contributed by atoms with Crippen molar-refractivity contribution in [3.8, 4) is 0 Å². The van der Waals surface area contributed by atoms with Crippen LogP contribution < -0.4 is 0 Å². The molecule has 0 amide bonds. The molecule has 0 aliphatic rings. The van der Waals surface area contributed by atoms with Crippen LogP contribution in [0.4, 0.5) is 0 Å². The Balaban J connectivity index is 5.80. The fourth-order valence-corrected chi connectivity index (χ4v) is 2.05. The van der Waals surface area contributed by atoms with Gasteiger partial charge in [-0.25, -0.2) is 9.59 Å². The molecule has 0 heterocycles. The highest BCUT2D eigenvalue weighted by atomic mass is 16.5. The van der Waals surface area contributed by atoms with Gasteiger partial charge in [0.15, 0.2) is 0 Å². The van der Waals surface area contributed by atoms with Gasteiger partial charge in [-0.3, -0.25) is 9.59 Å². The van der Waals surface area contributed by atoms with E-state index in [-0.39, 0.29) is 25.0 Å². The molecule has 8 heteroatoms. The van der Waals surface area contributed by atoms with Crippen LogP contribution in [0.2, 0.25) is 0 Å². The Morgan fingerprint density at radius 2 is 0.923 bits per heavy atom. The van der Waals surface area contributed by atoms with E-state index in [1.54, 1.807) is 27.7 Å². The summed E-state index contributed by atoms with van der Waals surface area (Å²) in [5, 5.41) is 18.9. The van der Waals surface area contributed by atoms with E-state index < -0.39 is 46.9 Å². The molecule has 148 valence electrons. The van der Waals surface area contributed by atoms with Crippen LogP contribution in [0.5, 0.6) is 0 Å². The second kappa shape index (κ2) is 10.6. The van der Waals surface area contributed by atoms with Crippen molar-refractivity contribution in [1.29, 1.82) is 0 Å². The van der Waals surface area contributed by atoms with Gasteiger partial charge in [-0.15, -0.1) is 0 Å². The quantitative estimate of drug-likeness (QED) is 0.441. The molecule has 0 rings (SSSR count). The molecule has 26 heavy (non-hydrogen) atoms. The van der Waals surface area contributed by atoms with Gasteiger partial charge in [-0.1, -0.05) is 27.7 Å². The summed E-state index contributed by atoms with van der Waals surface area (Å²) in [4.78, 5) is 47.5. The lowest BCUT2D eigenvalue weighted by Gasteiger charge is -2.19. The van der Waals surface area contributed by atoms with Crippen LogP contribution in [-0.4, -0.2) is 47.3 Å². The first-order valence-electron chi connectivity index (χ1n) is 8.43. The number of rotatable bonds is 10. The Morgan fingerprint density at radius 1 is 0.654 bits per heavy atom. The summed E-state index contributed by atoms with van der Waals surface area (Å²) in [6.07, 6.45) is 0. The summed E-state index contributed by atoms with van der Waals surface area (Å²) in [7, 11) is 0. The maximum Gasteiger partial charge on any atom is 0.333 e. The maximum atomic E-state index is 12.1. The van der Waals surface area contributed by atoms with Crippen LogP contribution in [0.3, 0.4) is 0 Å². The van der Waals surface area contributed by atoms with Gasteiger partial charge < -0.3 is 19.7 Å². The summed E-state index contributed by atoms with van der Waals surface area (Å²) in [6, 6.07) is 0. The molecule has 0 bridgehead atoms. The van der Waals surface area contributed by atoms with Crippen molar-refractivity contribution in [2.45, 2.75) is 41.5 Å². The molecule has 0 aromatic carbocycles. The summed E-state index contributed by atoms with van der Waals surface area (Å²) in [5.74, 6) is -7.55. The molecule has 2 unspecified atom stereocenters. The number of aliphatic carboxylic acids is 2. The van der Waals surface area contributed by atoms with Crippen LogP contribution in [0.1, 0.15) is 41.5 Å². The third-order valence-electron chi connectivity index (χ3n) is 3.44. The van der Waals surface area contributed by atoms with Crippen molar-refractivity contribution in [2.75, 3.05) is 13.2 Å². The van der Waals surface area contributed by atoms with E-state index in [0.29, 0.717) is 0 Å². The average Bonchev–Trinajstić information content (AvgIpc) is 2.52. The zero-order valence-corrected chi connectivity index (χ0v) is 16.1. The van der Waals surface area contributed by atoms with Crippen molar-refractivity contribution in [3.05, 3.63) is 11.1 Å². The standard InChI is InChI=1S/C18H28O8/c1-9(2)7-25-17(23)11(5)13(15(19)20)14(16(21)22)12(6)18(24)26-8-10(3)4/h9-12H,7-8H2,1-6H3,(H,19,20)(H,21,22). The second-order valence-electron chi connectivity index (χ2n) is 6.93. The topological polar surface area (TPSA) is 127 Å². The number of carboxylic acids is 2. The van der Waals surface area contributed by atoms with Gasteiger partial charge >= 0.3 is 23.9 Å². The number of carbonyl (C=O) groups excluding carboxylic acids is 2. The highest BCUT2D eigenvalue weighted by Gasteiger charge is 2.36. The lowest BCUT2D eigenvalue weighted by atomic mass is 9.88. The number of carbonyl (C=O) groups is 4. The highest BCUT2D eigenvalue weighted by Crippen LogP contribution is 2.25. The average molecular weight is 372 g/mol. The lowest BCUT2D eigenvalue weighted by Crippen LogP contribution is -2.30. The Morgan fingerprint density at radius 3 is 1.12 bits per heavy atom. The van der Waals surface area contributed by atoms with E-state index in [9.17, 15) is 29.4 Å². The summed E-state index contributed by atoms with van der Waals surface area (Å²) < 4.78 is 10.00. The minimum atomic E-state index is -1.60. The number of esters is 2. The fraction of sp³-hybridized carbons (Fsp3) is 0.667. The first-order valence-corrected chi connectivity index (χ1v) is 8.43. The van der Waals surface area contributed by atoms with Crippen LogP contribution in [0.15, 0.2) is 11.1 Å². The molecular weight excluding hydrogens is 344 g/mol. The van der Waals surface area contributed by atoms with Crippen LogP contribution >= 0.6 is 0 Å². The minimum absolute atomic E-state index is 0.0345. The zero-order valence-electron chi connectivity index (χ0n) is 16.1. The number of ether oxygens (including phenoxy) is 2. The molecule has 0 aromatic heterocycles. The summed E-state index contributed by atoms with van der Waals surface area (Å²) in [5.41, 5.74) is -1.36. The molecule has 0 fully saturated rings. The first kappa shape index (κ1) is 23.6. The van der Waals surface area contributed by atoms with Crippen LogP contribution in [-0.2, 0) is 28.7 Å². The monoisotopic (exact) mass is 372 g/mol. The van der Waals surface area contributed by atoms with Crippen LogP contribution in [0.25, 0.3) is 0 Å². The van der Waals surface area contributed by atoms with E-state index in [4.69, 9.17) is 9.47 Å². The van der Waals surface area contributed by atoms with Gasteiger partial charge in [0, 0.05) is 0 Å². The molecule has 8 nitrogen and oxygen atoms in total. The third kappa shape index (κ3) is 7.25. The van der Waals surface area contributed by atoms with Crippen molar-refractivity contribution < 1.29 is 38.9 Å². The largest absolute Gasteiger partial charge is 0.478 e. The van der Waals surface area contributed by atoms with Gasteiger partial charge in [0.1, 0.15) is 0 Å². The van der Waals surface area contributed by atoms with Crippen molar-refractivity contribution in [3.63, 3.8) is 0 Å². The molecule has 0 aromatic rings. The third-order valence-corrected chi connectivity index (χ3v) is 3.44. The van der Waals surface area contributed by atoms with Gasteiger partial charge in [0.05, 0.1) is 36.2 Å². The number of carboxylic acid groups (broad SMARTS) is 2. The fourth-order valence-electron chi connectivity index (χ4n) is 2.05. The number of hydrogen-bond acceptors (Lipinski definition) is 6. The van der Waals surface area contributed by atoms with Gasteiger partial charge in [0.2, 0.25) is 0 Å². The van der Waals surface area contributed by atoms with Gasteiger partial charge in [-0.2, -0.15) is 0 Å². The lowest BCUT2D eigenvalue weighted by molar-refractivity contribution is -0.151. The van der Waals surface area contributed by atoms with E-state index in [2.05, 4.69) is 0 Å². The molecule has 0 aliphatic heterocycles. The predicted octanol–water partition coefficient (Wildman–Crippen LogP) is 2.12. The maximum absolute atomic E-state index is 12.1. The Kier molecular flexibility index (Phi) is 9.61. The molecule has 0 saturated carbocycles. The smallest absolute Gasteiger partial charge is 0.333 e. The summed E-state index contributed by atoms with van der Waals surface area (Å²) in [6.45, 7) is 9.85. The molecule has 2 atom stereocenters. The molecule has 0 spiro atoms. The Labute approximate surface area is 153 Å². The van der Waals surface area contributed by atoms with Crippen molar-refractivity contribution >= 4 is 23.9 Å². The molecule has 0 aliphatic carbocycles. The molecule has 2 N–H and O–H groups in total. The van der Waals surface area contributed by atoms with E-state index >= 15 is 0 Å². The van der Waals surface area contributed by atoms with Gasteiger partial charge in [0.25, 0.3) is 0 Å². The van der Waals surface area contributed by atoms with Crippen molar-refractivity contribution in [1.82, 2.24) is 0 Å². The molecular formula is C18H28O8. The van der Waals surface area contributed by atoms with E-state index in [0.717, 1.165) is 0 Å². The van der Waals surface area contributed by atoms with Gasteiger partial charge in [-0.05, 0) is 25.7 Å². The van der Waals surface area contributed by atoms with Crippen LogP contribution in [0, 0.1) is 23.7 Å². The van der Waals surface area contributed by atoms with E-state index in [1.165, 1.54) is 13.8 Å². The zero-order chi connectivity index (χ0) is 20.6. The SMILES string of the molecule is CC(C)COC(=O)C(C)C(C(=O)O)=C(C(=O)O)C(C)C(=O)OCC(C)C. The minimum Gasteiger partial charge on any atom is -0.478 e. The predicted molar refractivity (Wildman–Crippen MR) is 92.2 cm³/mol. The molecule has 0 radical (unpaired) electrons. The normalized spacial score (nSPS) is 14.5. The Hall–Kier alpha value is -2.38. The number of hydrogen-bond donors (Lipinski definition) is 2. The van der Waals surface area contributed by atoms with Crippen molar-refractivity contribution in [2.24, 2.45) is 23.7 Å². The summed E-state index contributed by atoms with van der Waals surface area (Å²) >= 11 is 0. The second-order valence-corrected chi connectivity index (χ2v) is 6.93. The van der Waals surface area contributed by atoms with E-state index in [1.807, 2.05) is 0 Å². The highest BCUT2D eigenvalue weighted by molar-refractivity contribution is 6.05. The Bertz CT molecular complexity index is 524.